The summed E-state index contributed by atoms with van der Waals surface area (Å²) in [5, 5.41) is 6.34. The maximum Gasteiger partial charge on any atom is 0.0516 e. The fourth-order valence-electron chi connectivity index (χ4n) is 2.05. The summed E-state index contributed by atoms with van der Waals surface area (Å²) in [5.41, 5.74) is 0. The summed E-state index contributed by atoms with van der Waals surface area (Å²) in [5.74, 6) is 0. The number of thiophene rings is 1. The molecule has 1 fully saturated rings. The van der Waals surface area contributed by atoms with Crippen LogP contribution in [-0.2, 0) is 6.54 Å². The zero-order valence-electron chi connectivity index (χ0n) is 9.00. The molecule has 0 saturated carbocycles. The van der Waals surface area contributed by atoms with Crippen molar-refractivity contribution in [2.75, 3.05) is 20.1 Å². The van der Waals surface area contributed by atoms with E-state index in [0.717, 1.165) is 24.2 Å². The summed E-state index contributed by atoms with van der Waals surface area (Å²) in [6, 6.07) is 2.76. The molecule has 1 aliphatic heterocycles. The smallest absolute Gasteiger partial charge is 0.0516 e. The van der Waals surface area contributed by atoms with E-state index in [1.807, 2.05) is 11.4 Å². The minimum absolute atomic E-state index is 0.723. The van der Waals surface area contributed by atoms with Crippen LogP contribution in [0.1, 0.15) is 17.7 Å². The lowest BCUT2D eigenvalue weighted by molar-refractivity contribution is 0.300. The first-order valence-electron chi connectivity index (χ1n) is 5.39. The molecule has 1 N–H and O–H groups in total. The van der Waals surface area contributed by atoms with Gasteiger partial charge in [0.05, 0.1) is 5.02 Å². The van der Waals surface area contributed by atoms with E-state index >= 15 is 0 Å². The second-order valence-corrected chi connectivity index (χ2v) is 5.57. The molecule has 1 saturated heterocycles. The molecular formula is C11H17ClN2S. The predicted molar refractivity (Wildman–Crippen MR) is 66.7 cm³/mol. The molecule has 2 nitrogen and oxygen atoms in total. The molecule has 15 heavy (non-hydrogen) atoms. The molecule has 0 aromatic carbocycles. The van der Waals surface area contributed by atoms with Crippen molar-refractivity contribution >= 4 is 22.9 Å². The van der Waals surface area contributed by atoms with Crippen LogP contribution in [0.3, 0.4) is 0 Å². The summed E-state index contributed by atoms with van der Waals surface area (Å²) < 4.78 is 0. The largest absolute Gasteiger partial charge is 0.310 e. The van der Waals surface area contributed by atoms with Gasteiger partial charge < -0.3 is 10.2 Å². The van der Waals surface area contributed by atoms with Gasteiger partial charge in [-0.15, -0.1) is 11.3 Å². The molecule has 0 bridgehead atoms. The summed E-state index contributed by atoms with van der Waals surface area (Å²) >= 11 is 7.59. The molecule has 1 aromatic heterocycles. The lowest BCUT2D eigenvalue weighted by Crippen LogP contribution is -2.34. The van der Waals surface area contributed by atoms with Gasteiger partial charge in [-0.05, 0) is 32.5 Å². The molecule has 1 unspecified atom stereocenters. The van der Waals surface area contributed by atoms with E-state index < -0.39 is 0 Å². The fraction of sp³-hybridized carbons (Fsp3) is 0.636. The van der Waals surface area contributed by atoms with Crippen molar-refractivity contribution in [2.24, 2.45) is 0 Å². The number of likely N-dealkylation sites (tertiary alicyclic amines) is 1. The first-order valence-corrected chi connectivity index (χ1v) is 6.65. The maximum atomic E-state index is 5.86. The molecule has 2 heterocycles. The third-order valence-electron chi connectivity index (χ3n) is 2.97. The Morgan fingerprint density at radius 2 is 2.53 bits per heavy atom. The Hall–Kier alpha value is -0.0900. The molecule has 0 radical (unpaired) electrons. The third-order valence-corrected chi connectivity index (χ3v) is 4.26. The van der Waals surface area contributed by atoms with Gasteiger partial charge in [0.15, 0.2) is 0 Å². The van der Waals surface area contributed by atoms with Gasteiger partial charge in [0.25, 0.3) is 0 Å². The van der Waals surface area contributed by atoms with Crippen LogP contribution < -0.4 is 5.32 Å². The van der Waals surface area contributed by atoms with Gasteiger partial charge in [0.2, 0.25) is 0 Å². The Balaban J connectivity index is 1.70. The summed E-state index contributed by atoms with van der Waals surface area (Å²) in [4.78, 5) is 3.76. The van der Waals surface area contributed by atoms with Crippen LogP contribution in [-0.4, -0.2) is 31.1 Å². The lowest BCUT2D eigenvalue weighted by atomic mass is 10.2. The zero-order valence-corrected chi connectivity index (χ0v) is 10.6. The topological polar surface area (TPSA) is 15.3 Å². The quantitative estimate of drug-likeness (QED) is 0.876. The summed E-state index contributed by atoms with van der Waals surface area (Å²) in [7, 11) is 2.21. The maximum absolute atomic E-state index is 5.86. The van der Waals surface area contributed by atoms with Crippen molar-refractivity contribution in [3.8, 4) is 0 Å². The van der Waals surface area contributed by atoms with Crippen LogP contribution in [0, 0.1) is 0 Å². The number of rotatable bonds is 4. The fourth-order valence-corrected chi connectivity index (χ4v) is 3.09. The Bertz CT molecular complexity index is 313. The van der Waals surface area contributed by atoms with E-state index in [0.29, 0.717) is 0 Å². The van der Waals surface area contributed by atoms with E-state index in [9.17, 15) is 0 Å². The Kier molecular flexibility index (Phi) is 4.03. The van der Waals surface area contributed by atoms with E-state index in [1.54, 1.807) is 11.3 Å². The van der Waals surface area contributed by atoms with Crippen molar-refractivity contribution in [1.82, 2.24) is 10.2 Å². The second-order valence-electron chi connectivity index (χ2n) is 4.14. The van der Waals surface area contributed by atoms with Crippen molar-refractivity contribution < 1.29 is 0 Å². The highest BCUT2D eigenvalue weighted by atomic mass is 35.5. The number of hydrogen-bond acceptors (Lipinski definition) is 3. The van der Waals surface area contributed by atoms with Crippen molar-refractivity contribution in [2.45, 2.75) is 25.4 Å². The lowest BCUT2D eigenvalue weighted by Gasteiger charge is -2.19. The second kappa shape index (κ2) is 5.30. The molecule has 1 aromatic rings. The van der Waals surface area contributed by atoms with Gasteiger partial charge in [0, 0.05) is 29.4 Å². The van der Waals surface area contributed by atoms with E-state index in [4.69, 9.17) is 11.6 Å². The first-order chi connectivity index (χ1) is 7.25. The predicted octanol–water partition coefficient (Wildman–Crippen LogP) is 2.59. The van der Waals surface area contributed by atoms with Gasteiger partial charge in [-0.3, -0.25) is 0 Å². The molecule has 1 atom stereocenters. The average molecular weight is 245 g/mol. The molecule has 0 amide bonds. The van der Waals surface area contributed by atoms with Crippen molar-refractivity contribution in [1.29, 1.82) is 0 Å². The van der Waals surface area contributed by atoms with E-state index in [1.165, 1.54) is 24.3 Å². The minimum atomic E-state index is 0.723. The standard InChI is InChI=1S/C11H17ClN2S/c1-14-4-2-3-10(14)6-13-7-11-5-9(12)8-15-11/h5,8,10,13H,2-4,6-7H2,1H3. The van der Waals surface area contributed by atoms with Gasteiger partial charge in [-0.2, -0.15) is 0 Å². The van der Waals surface area contributed by atoms with Gasteiger partial charge in [-0.25, -0.2) is 0 Å². The first kappa shape index (κ1) is 11.4. The number of halogens is 1. The summed E-state index contributed by atoms with van der Waals surface area (Å²) in [6.07, 6.45) is 2.67. The number of nitrogens with zero attached hydrogens (tertiary/aromatic N) is 1. The zero-order chi connectivity index (χ0) is 10.7. The average Bonchev–Trinajstić information content (AvgIpc) is 2.77. The van der Waals surface area contributed by atoms with Crippen LogP contribution >= 0.6 is 22.9 Å². The van der Waals surface area contributed by atoms with Crippen LogP contribution in [0.15, 0.2) is 11.4 Å². The van der Waals surface area contributed by atoms with Gasteiger partial charge >= 0.3 is 0 Å². The van der Waals surface area contributed by atoms with Crippen molar-refractivity contribution in [3.05, 3.63) is 21.3 Å². The molecule has 0 spiro atoms. The molecular weight excluding hydrogens is 228 g/mol. The van der Waals surface area contributed by atoms with E-state index in [2.05, 4.69) is 17.3 Å². The molecule has 84 valence electrons. The van der Waals surface area contributed by atoms with E-state index in [-0.39, 0.29) is 0 Å². The monoisotopic (exact) mass is 244 g/mol. The van der Waals surface area contributed by atoms with Crippen LogP contribution in [0.5, 0.6) is 0 Å². The van der Waals surface area contributed by atoms with Gasteiger partial charge in [-0.1, -0.05) is 11.6 Å². The molecule has 0 aliphatic carbocycles. The molecule has 1 aliphatic rings. The minimum Gasteiger partial charge on any atom is -0.310 e. The highest BCUT2D eigenvalue weighted by molar-refractivity contribution is 7.10. The highest BCUT2D eigenvalue weighted by Gasteiger charge is 2.19. The van der Waals surface area contributed by atoms with Crippen LogP contribution in [0.2, 0.25) is 5.02 Å². The molecule has 2 rings (SSSR count). The third kappa shape index (κ3) is 3.18. The van der Waals surface area contributed by atoms with Crippen LogP contribution in [0.4, 0.5) is 0 Å². The SMILES string of the molecule is CN1CCCC1CNCc1cc(Cl)cs1. The highest BCUT2D eigenvalue weighted by Crippen LogP contribution is 2.19. The number of likely N-dealkylation sites (N-methyl/N-ethyl adjacent to an activating group) is 1. The normalized spacial score (nSPS) is 22.4. The summed E-state index contributed by atoms with van der Waals surface area (Å²) in [6.45, 7) is 3.28. The molecule has 4 heteroatoms. The Labute approximate surface area is 100 Å². The number of hydrogen-bond donors (Lipinski definition) is 1. The Morgan fingerprint density at radius 3 is 3.13 bits per heavy atom. The van der Waals surface area contributed by atoms with Gasteiger partial charge in [0.1, 0.15) is 0 Å². The van der Waals surface area contributed by atoms with Crippen LogP contribution in [0.25, 0.3) is 0 Å². The number of nitrogens with one attached hydrogen (secondary N) is 1. The van der Waals surface area contributed by atoms with Crippen molar-refractivity contribution in [3.63, 3.8) is 0 Å². The Morgan fingerprint density at radius 1 is 1.67 bits per heavy atom.